The number of likely N-dealkylation sites (N-methyl/N-ethyl adjacent to an activating group) is 1. The molecule has 1 saturated heterocycles. The van der Waals surface area contributed by atoms with Crippen LogP contribution in [0.2, 0.25) is 0 Å². The highest BCUT2D eigenvalue weighted by molar-refractivity contribution is 5.97. The third kappa shape index (κ3) is 3.18. The minimum atomic E-state index is 0.160. The molecule has 0 aliphatic carbocycles. The van der Waals surface area contributed by atoms with Crippen LogP contribution in [-0.2, 0) is 0 Å². The molecule has 0 radical (unpaired) electrons. The number of carbonyl (C=O) groups excluding carboxylic acids is 1. The van der Waals surface area contributed by atoms with Gasteiger partial charge in [0.15, 0.2) is 5.78 Å². The smallest absolute Gasteiger partial charge is 0.176 e. The molecule has 3 heteroatoms. The molecule has 18 heavy (non-hydrogen) atoms. The first-order chi connectivity index (χ1) is 8.70. The Balaban J connectivity index is 2.01. The lowest BCUT2D eigenvalue weighted by atomic mass is 9.89. The fourth-order valence-electron chi connectivity index (χ4n) is 2.55. The van der Waals surface area contributed by atoms with Crippen LogP contribution in [0.1, 0.15) is 34.7 Å². The Labute approximate surface area is 109 Å². The van der Waals surface area contributed by atoms with Crippen LogP contribution >= 0.6 is 0 Å². The zero-order chi connectivity index (χ0) is 13.0. The maximum Gasteiger partial charge on any atom is 0.176 e. The quantitative estimate of drug-likeness (QED) is 0.824. The molecule has 1 aliphatic rings. The van der Waals surface area contributed by atoms with Gasteiger partial charge in [0.05, 0.1) is 6.54 Å². The highest BCUT2D eigenvalue weighted by atomic mass is 16.1. The van der Waals surface area contributed by atoms with E-state index in [4.69, 9.17) is 0 Å². The summed E-state index contributed by atoms with van der Waals surface area (Å²) in [4.78, 5) is 14.1. The van der Waals surface area contributed by atoms with Crippen molar-refractivity contribution >= 4 is 5.78 Å². The highest BCUT2D eigenvalue weighted by Gasteiger charge is 2.18. The van der Waals surface area contributed by atoms with Gasteiger partial charge in [-0.15, -0.1) is 0 Å². The summed E-state index contributed by atoms with van der Waals surface area (Å²) in [6.45, 7) is 2.75. The normalized spacial score (nSPS) is 17.9. The lowest BCUT2D eigenvalue weighted by Crippen LogP contribution is -2.29. The maximum absolute atomic E-state index is 11.7. The van der Waals surface area contributed by atoms with Crippen molar-refractivity contribution in [3.05, 3.63) is 35.4 Å². The van der Waals surface area contributed by atoms with Crippen LogP contribution in [0, 0.1) is 0 Å². The maximum atomic E-state index is 11.7. The van der Waals surface area contributed by atoms with Crippen molar-refractivity contribution in [3.8, 4) is 0 Å². The summed E-state index contributed by atoms with van der Waals surface area (Å²) in [5, 5.41) is 2.89. The summed E-state index contributed by atoms with van der Waals surface area (Å²) in [6, 6.07) is 8.18. The number of hydrogen-bond donors (Lipinski definition) is 1. The molecule has 98 valence electrons. The van der Waals surface area contributed by atoms with Crippen molar-refractivity contribution in [1.29, 1.82) is 0 Å². The van der Waals surface area contributed by atoms with Gasteiger partial charge in [-0.2, -0.15) is 0 Å². The van der Waals surface area contributed by atoms with Crippen molar-refractivity contribution in [2.75, 3.05) is 33.7 Å². The first-order valence-electron chi connectivity index (χ1n) is 6.67. The van der Waals surface area contributed by atoms with Gasteiger partial charge in [0.2, 0.25) is 0 Å². The van der Waals surface area contributed by atoms with Crippen LogP contribution in [0.3, 0.4) is 0 Å². The topological polar surface area (TPSA) is 32.3 Å². The van der Waals surface area contributed by atoms with Crippen molar-refractivity contribution < 1.29 is 4.79 Å². The number of piperidine rings is 1. The molecule has 0 atom stereocenters. The van der Waals surface area contributed by atoms with Gasteiger partial charge >= 0.3 is 0 Å². The third-order valence-electron chi connectivity index (χ3n) is 3.76. The second kappa shape index (κ2) is 6.12. The first-order valence-corrected chi connectivity index (χ1v) is 6.67. The molecule has 2 rings (SSSR count). The lowest BCUT2D eigenvalue weighted by molar-refractivity contribution is 0.0993. The van der Waals surface area contributed by atoms with Crippen molar-refractivity contribution in [1.82, 2.24) is 10.2 Å². The molecule has 0 bridgehead atoms. The van der Waals surface area contributed by atoms with Gasteiger partial charge in [-0.25, -0.2) is 0 Å². The molecule has 0 unspecified atom stereocenters. The molecule has 1 N–H and O–H groups in total. The minimum Gasteiger partial charge on any atom is -0.313 e. The van der Waals surface area contributed by atoms with E-state index in [1.54, 1.807) is 7.05 Å². The molecule has 0 saturated carbocycles. The Bertz CT molecular complexity index is 391. The van der Waals surface area contributed by atoms with Crippen molar-refractivity contribution in [2.24, 2.45) is 0 Å². The lowest BCUT2D eigenvalue weighted by Gasteiger charge is -2.29. The van der Waals surface area contributed by atoms with Crippen LogP contribution in [0.15, 0.2) is 24.3 Å². The Kier molecular flexibility index (Phi) is 4.50. The number of nitrogens with one attached hydrogen (secondary N) is 1. The molecule has 0 amide bonds. The zero-order valence-corrected chi connectivity index (χ0v) is 11.3. The fraction of sp³-hybridized carbons (Fsp3) is 0.533. The summed E-state index contributed by atoms with van der Waals surface area (Å²) in [6.07, 6.45) is 2.45. The third-order valence-corrected chi connectivity index (χ3v) is 3.76. The monoisotopic (exact) mass is 246 g/mol. The molecule has 3 nitrogen and oxygen atoms in total. The van der Waals surface area contributed by atoms with E-state index in [0.717, 1.165) is 5.56 Å². The summed E-state index contributed by atoms with van der Waals surface area (Å²) in [5.41, 5.74) is 2.19. The van der Waals surface area contributed by atoms with E-state index in [1.807, 2.05) is 12.1 Å². The molecule has 1 aliphatic heterocycles. The SMILES string of the molecule is CNCC(=O)c1ccc(C2CCN(C)CC2)cc1. The van der Waals surface area contributed by atoms with Crippen LogP contribution in [0.4, 0.5) is 0 Å². The van der Waals surface area contributed by atoms with Gasteiger partial charge in [0, 0.05) is 5.56 Å². The van der Waals surface area contributed by atoms with Crippen molar-refractivity contribution in [3.63, 3.8) is 0 Å². The van der Waals surface area contributed by atoms with Gasteiger partial charge in [-0.05, 0) is 51.5 Å². The van der Waals surface area contributed by atoms with E-state index in [1.165, 1.54) is 31.5 Å². The Hall–Kier alpha value is -1.19. The Morgan fingerprint density at radius 3 is 2.44 bits per heavy atom. The van der Waals surface area contributed by atoms with Crippen LogP contribution < -0.4 is 5.32 Å². The molecular weight excluding hydrogens is 224 g/mol. The average molecular weight is 246 g/mol. The Morgan fingerprint density at radius 2 is 1.89 bits per heavy atom. The van der Waals surface area contributed by atoms with E-state index in [0.29, 0.717) is 12.5 Å². The number of hydrogen-bond acceptors (Lipinski definition) is 3. The average Bonchev–Trinajstić information content (AvgIpc) is 2.40. The summed E-state index contributed by atoms with van der Waals surface area (Å²) >= 11 is 0. The standard InChI is InChI=1S/C15H22N2O/c1-16-11-15(18)14-5-3-12(4-6-14)13-7-9-17(2)10-8-13/h3-6,13,16H,7-11H2,1-2H3. The van der Waals surface area contributed by atoms with Gasteiger partial charge < -0.3 is 10.2 Å². The summed E-state index contributed by atoms with van der Waals surface area (Å²) in [5.74, 6) is 0.821. The Morgan fingerprint density at radius 1 is 1.28 bits per heavy atom. The molecule has 1 fully saturated rings. The van der Waals surface area contributed by atoms with Crippen LogP contribution in [0.5, 0.6) is 0 Å². The molecular formula is C15H22N2O. The van der Waals surface area contributed by atoms with E-state index >= 15 is 0 Å². The molecule has 0 aromatic heterocycles. The van der Waals surface area contributed by atoms with E-state index in [2.05, 4.69) is 29.4 Å². The fourth-order valence-corrected chi connectivity index (χ4v) is 2.55. The van der Waals surface area contributed by atoms with E-state index in [-0.39, 0.29) is 5.78 Å². The number of benzene rings is 1. The molecule has 1 aromatic carbocycles. The highest BCUT2D eigenvalue weighted by Crippen LogP contribution is 2.27. The van der Waals surface area contributed by atoms with Gasteiger partial charge in [0.25, 0.3) is 0 Å². The van der Waals surface area contributed by atoms with E-state index in [9.17, 15) is 4.79 Å². The summed E-state index contributed by atoms with van der Waals surface area (Å²) in [7, 11) is 3.97. The number of nitrogens with zero attached hydrogens (tertiary/aromatic N) is 1. The zero-order valence-electron chi connectivity index (χ0n) is 11.3. The van der Waals surface area contributed by atoms with Gasteiger partial charge in [-0.1, -0.05) is 24.3 Å². The second-order valence-electron chi connectivity index (χ2n) is 5.15. The van der Waals surface area contributed by atoms with Gasteiger partial charge in [-0.3, -0.25) is 4.79 Å². The number of rotatable bonds is 4. The minimum absolute atomic E-state index is 0.160. The van der Waals surface area contributed by atoms with Crippen LogP contribution in [0.25, 0.3) is 0 Å². The van der Waals surface area contributed by atoms with E-state index < -0.39 is 0 Å². The van der Waals surface area contributed by atoms with Crippen LogP contribution in [-0.4, -0.2) is 44.4 Å². The predicted molar refractivity (Wildman–Crippen MR) is 74.2 cm³/mol. The second-order valence-corrected chi connectivity index (χ2v) is 5.15. The molecule has 0 spiro atoms. The van der Waals surface area contributed by atoms with Gasteiger partial charge in [0.1, 0.15) is 0 Å². The molecule has 1 heterocycles. The first kappa shape index (κ1) is 13.2. The number of ketones is 1. The number of Topliss-reactive ketones (excluding diaryl/α,β-unsaturated/α-hetero) is 1. The predicted octanol–water partition coefficient (Wildman–Crippen LogP) is 1.90. The van der Waals surface area contributed by atoms with Crippen molar-refractivity contribution in [2.45, 2.75) is 18.8 Å². The molecule has 1 aromatic rings. The summed E-state index contributed by atoms with van der Waals surface area (Å²) < 4.78 is 0. The number of likely N-dealkylation sites (tertiary alicyclic amines) is 1. The number of carbonyl (C=O) groups is 1. The largest absolute Gasteiger partial charge is 0.313 e.